The predicted octanol–water partition coefficient (Wildman–Crippen LogP) is 3.01. The van der Waals surface area contributed by atoms with Crippen LogP contribution in [0.5, 0.6) is 0 Å². The summed E-state index contributed by atoms with van der Waals surface area (Å²) in [4.78, 5) is 8.93. The van der Waals surface area contributed by atoms with Crippen molar-refractivity contribution in [2.45, 2.75) is 18.4 Å². The fourth-order valence-corrected chi connectivity index (χ4v) is 3.61. The molecular weight excluding hydrogens is 390 g/mol. The normalized spacial score (nSPS) is 11.5. The zero-order valence-corrected chi connectivity index (χ0v) is 17.2. The van der Waals surface area contributed by atoms with E-state index in [2.05, 4.69) is 20.6 Å². The number of nitrogens with one attached hydrogen (secondary N) is 2. The molecule has 3 aromatic rings. The van der Waals surface area contributed by atoms with Crippen LogP contribution >= 0.6 is 0 Å². The molecule has 0 spiro atoms. The second-order valence-corrected chi connectivity index (χ2v) is 8.73. The molecular formula is C20H23N5O3S. The van der Waals surface area contributed by atoms with Crippen LogP contribution in [0.25, 0.3) is 0 Å². The van der Waals surface area contributed by atoms with Gasteiger partial charge in [0.2, 0.25) is 16.0 Å². The summed E-state index contributed by atoms with van der Waals surface area (Å²) in [5.74, 6) is 0.860. The highest BCUT2D eigenvalue weighted by Gasteiger charge is 2.21. The van der Waals surface area contributed by atoms with Crippen molar-refractivity contribution in [3.8, 4) is 0 Å². The van der Waals surface area contributed by atoms with Gasteiger partial charge in [-0.15, -0.1) is 0 Å². The monoisotopic (exact) mass is 413 g/mol. The SMILES string of the molecule is Cc1cnc(Nc2ccc(CO)cc2)nc1Nc1ccccc1S(=O)(=O)N(C)C. The number of hydrogen-bond donors (Lipinski definition) is 3. The van der Waals surface area contributed by atoms with Gasteiger partial charge in [0.25, 0.3) is 0 Å². The summed E-state index contributed by atoms with van der Waals surface area (Å²) in [6, 6.07) is 13.9. The minimum atomic E-state index is -3.61. The molecule has 152 valence electrons. The Morgan fingerprint density at radius 1 is 1.03 bits per heavy atom. The van der Waals surface area contributed by atoms with Crippen LogP contribution in [0.1, 0.15) is 11.1 Å². The molecule has 0 aliphatic heterocycles. The van der Waals surface area contributed by atoms with Gasteiger partial charge >= 0.3 is 0 Å². The van der Waals surface area contributed by atoms with Crippen molar-refractivity contribution in [2.24, 2.45) is 0 Å². The Balaban J connectivity index is 1.90. The third-order valence-electron chi connectivity index (χ3n) is 4.26. The highest BCUT2D eigenvalue weighted by Crippen LogP contribution is 2.27. The Morgan fingerprint density at radius 2 is 1.72 bits per heavy atom. The second-order valence-electron chi connectivity index (χ2n) is 6.61. The first kappa shape index (κ1) is 20.7. The summed E-state index contributed by atoms with van der Waals surface area (Å²) in [5, 5.41) is 15.4. The van der Waals surface area contributed by atoms with Gasteiger partial charge in [-0.05, 0) is 36.8 Å². The molecule has 29 heavy (non-hydrogen) atoms. The highest BCUT2D eigenvalue weighted by molar-refractivity contribution is 7.89. The summed E-state index contributed by atoms with van der Waals surface area (Å²) in [6.45, 7) is 1.82. The highest BCUT2D eigenvalue weighted by atomic mass is 32.2. The van der Waals surface area contributed by atoms with Crippen molar-refractivity contribution in [1.82, 2.24) is 14.3 Å². The first-order chi connectivity index (χ1) is 13.8. The number of aromatic nitrogens is 2. The lowest BCUT2D eigenvalue weighted by Gasteiger charge is -2.17. The lowest BCUT2D eigenvalue weighted by Crippen LogP contribution is -2.23. The van der Waals surface area contributed by atoms with Crippen molar-refractivity contribution in [3.05, 3.63) is 65.9 Å². The first-order valence-electron chi connectivity index (χ1n) is 8.90. The Bertz CT molecular complexity index is 1100. The minimum absolute atomic E-state index is 0.0232. The number of sulfonamides is 1. The maximum absolute atomic E-state index is 12.6. The largest absolute Gasteiger partial charge is 0.392 e. The Morgan fingerprint density at radius 3 is 2.38 bits per heavy atom. The molecule has 0 radical (unpaired) electrons. The quantitative estimate of drug-likeness (QED) is 0.546. The summed E-state index contributed by atoms with van der Waals surface area (Å²) in [6.07, 6.45) is 1.66. The van der Waals surface area contributed by atoms with E-state index in [9.17, 15) is 8.42 Å². The molecule has 0 bridgehead atoms. The molecule has 1 heterocycles. The van der Waals surface area contributed by atoms with Crippen LogP contribution in [0.4, 0.5) is 23.1 Å². The Kier molecular flexibility index (Phi) is 6.12. The van der Waals surface area contributed by atoms with E-state index in [-0.39, 0.29) is 11.5 Å². The first-order valence-corrected chi connectivity index (χ1v) is 10.3. The van der Waals surface area contributed by atoms with E-state index in [0.717, 1.165) is 16.8 Å². The summed E-state index contributed by atoms with van der Waals surface area (Å²) in [5.41, 5.74) is 2.78. The average molecular weight is 414 g/mol. The summed E-state index contributed by atoms with van der Waals surface area (Å²) >= 11 is 0. The van der Waals surface area contributed by atoms with E-state index in [1.807, 2.05) is 19.1 Å². The average Bonchev–Trinajstić information content (AvgIpc) is 2.71. The van der Waals surface area contributed by atoms with E-state index in [4.69, 9.17) is 5.11 Å². The van der Waals surface area contributed by atoms with Crippen LogP contribution in [0.15, 0.2) is 59.6 Å². The molecule has 0 unspecified atom stereocenters. The van der Waals surface area contributed by atoms with Crippen molar-refractivity contribution >= 4 is 33.2 Å². The number of aryl methyl sites for hydroxylation is 1. The van der Waals surface area contributed by atoms with Crippen LogP contribution in [0.3, 0.4) is 0 Å². The van der Waals surface area contributed by atoms with Crippen LogP contribution in [-0.2, 0) is 16.6 Å². The number of aliphatic hydroxyl groups is 1. The zero-order valence-electron chi connectivity index (χ0n) is 16.4. The van der Waals surface area contributed by atoms with Crippen LogP contribution in [0, 0.1) is 6.92 Å². The van der Waals surface area contributed by atoms with Crippen molar-refractivity contribution in [1.29, 1.82) is 0 Å². The molecule has 0 aliphatic rings. The molecule has 9 heteroatoms. The van der Waals surface area contributed by atoms with E-state index in [1.54, 1.807) is 42.6 Å². The maximum atomic E-state index is 12.6. The van der Waals surface area contributed by atoms with Gasteiger partial charge in [-0.25, -0.2) is 17.7 Å². The molecule has 2 aromatic carbocycles. The van der Waals surface area contributed by atoms with Crippen LogP contribution < -0.4 is 10.6 Å². The van der Waals surface area contributed by atoms with Crippen molar-refractivity contribution < 1.29 is 13.5 Å². The number of hydrogen-bond acceptors (Lipinski definition) is 7. The molecule has 0 fully saturated rings. The van der Waals surface area contributed by atoms with E-state index in [0.29, 0.717) is 17.5 Å². The molecule has 0 saturated heterocycles. The van der Waals surface area contributed by atoms with Gasteiger partial charge < -0.3 is 15.7 Å². The summed E-state index contributed by atoms with van der Waals surface area (Å²) < 4.78 is 26.4. The van der Waals surface area contributed by atoms with Crippen molar-refractivity contribution in [2.75, 3.05) is 24.7 Å². The topological polar surface area (TPSA) is 107 Å². The second kappa shape index (κ2) is 8.56. The fraction of sp³-hybridized carbons (Fsp3) is 0.200. The lowest BCUT2D eigenvalue weighted by atomic mass is 10.2. The van der Waals surface area contributed by atoms with Crippen LogP contribution in [-0.4, -0.2) is 41.9 Å². The zero-order chi connectivity index (χ0) is 21.0. The number of nitrogens with zero attached hydrogens (tertiary/aromatic N) is 3. The molecule has 0 saturated carbocycles. The fourth-order valence-electron chi connectivity index (χ4n) is 2.57. The lowest BCUT2D eigenvalue weighted by molar-refractivity contribution is 0.282. The Labute approximate surface area is 170 Å². The molecule has 1 aromatic heterocycles. The molecule has 0 aliphatic carbocycles. The Hall–Kier alpha value is -3.01. The number of rotatable bonds is 7. The van der Waals surface area contributed by atoms with Gasteiger partial charge in [0, 0.05) is 31.5 Å². The number of benzene rings is 2. The van der Waals surface area contributed by atoms with E-state index >= 15 is 0 Å². The molecule has 0 amide bonds. The van der Waals surface area contributed by atoms with Crippen molar-refractivity contribution in [3.63, 3.8) is 0 Å². The molecule has 8 nitrogen and oxygen atoms in total. The third kappa shape index (κ3) is 4.70. The summed E-state index contributed by atoms with van der Waals surface area (Å²) in [7, 11) is -0.630. The van der Waals surface area contributed by atoms with E-state index in [1.165, 1.54) is 18.4 Å². The third-order valence-corrected chi connectivity index (χ3v) is 6.14. The van der Waals surface area contributed by atoms with Gasteiger partial charge in [0.05, 0.1) is 12.3 Å². The number of anilines is 4. The van der Waals surface area contributed by atoms with Crippen LogP contribution in [0.2, 0.25) is 0 Å². The minimum Gasteiger partial charge on any atom is -0.392 e. The van der Waals surface area contributed by atoms with Gasteiger partial charge in [-0.1, -0.05) is 24.3 Å². The van der Waals surface area contributed by atoms with Gasteiger partial charge in [-0.2, -0.15) is 4.98 Å². The molecule has 3 N–H and O–H groups in total. The number of para-hydroxylation sites is 1. The van der Waals surface area contributed by atoms with Gasteiger partial charge in [-0.3, -0.25) is 0 Å². The van der Waals surface area contributed by atoms with Gasteiger partial charge in [0.15, 0.2) is 0 Å². The maximum Gasteiger partial charge on any atom is 0.244 e. The molecule has 0 atom stereocenters. The number of aliphatic hydroxyl groups excluding tert-OH is 1. The smallest absolute Gasteiger partial charge is 0.244 e. The van der Waals surface area contributed by atoms with Gasteiger partial charge in [0.1, 0.15) is 10.7 Å². The standard InChI is InChI=1S/C20H23N5O3S/c1-14-12-21-20(22-16-10-8-15(13-26)9-11-16)24-19(14)23-17-6-4-5-7-18(17)29(27,28)25(2)3/h4-12,26H,13H2,1-3H3,(H2,21,22,23,24). The molecule has 3 rings (SSSR count). The predicted molar refractivity (Wildman–Crippen MR) is 113 cm³/mol. The van der Waals surface area contributed by atoms with E-state index < -0.39 is 10.0 Å².